The van der Waals surface area contributed by atoms with Crippen LogP contribution < -0.4 is 0 Å². The van der Waals surface area contributed by atoms with Crippen molar-refractivity contribution < 1.29 is 5.11 Å². The third-order valence-electron chi connectivity index (χ3n) is 1.66. The fraction of sp³-hybridized carbons (Fsp3) is 0.333. The van der Waals surface area contributed by atoms with Crippen LogP contribution in [0.1, 0.15) is 12.0 Å². The Kier molecular flexibility index (Phi) is 3.95. The zero-order valence-electron chi connectivity index (χ0n) is 6.63. The van der Waals surface area contributed by atoms with Crippen molar-refractivity contribution in [1.82, 2.24) is 0 Å². The first kappa shape index (κ1) is 9.93. The molecule has 0 amide bonds. The van der Waals surface area contributed by atoms with Crippen LogP contribution >= 0.6 is 28.6 Å². The molecule has 1 nitrogen and oxygen atoms in total. The second-order valence-corrected chi connectivity index (χ2v) is 3.82. The average Bonchev–Trinajstić information content (AvgIpc) is 2.08. The lowest BCUT2D eigenvalue weighted by Crippen LogP contribution is -1.87. The monoisotopic (exact) mass is 246 g/mol. The van der Waals surface area contributed by atoms with Gasteiger partial charge < -0.3 is 5.11 Å². The molecule has 0 saturated carbocycles. The minimum absolute atomic E-state index is 0.312. The van der Waals surface area contributed by atoms with E-state index in [0.29, 0.717) is 5.75 Å². The Morgan fingerprint density at radius 1 is 1.42 bits per heavy atom. The van der Waals surface area contributed by atoms with E-state index in [9.17, 15) is 5.11 Å². The fourth-order valence-electron chi connectivity index (χ4n) is 1.03. The van der Waals surface area contributed by atoms with E-state index in [-0.39, 0.29) is 0 Å². The van der Waals surface area contributed by atoms with Gasteiger partial charge in [-0.3, -0.25) is 0 Å². The van der Waals surface area contributed by atoms with Crippen LogP contribution in [0, 0.1) is 0 Å². The van der Waals surface area contributed by atoms with Crippen molar-refractivity contribution in [2.45, 2.75) is 12.8 Å². The quantitative estimate of drug-likeness (QED) is 0.786. The van der Waals surface area contributed by atoms with E-state index >= 15 is 0 Å². The van der Waals surface area contributed by atoms with Crippen LogP contribution in [0.5, 0.6) is 5.75 Å². The van der Waals surface area contributed by atoms with Gasteiger partial charge in [-0.1, -0.05) is 12.1 Å². The summed E-state index contributed by atoms with van der Waals surface area (Å²) < 4.78 is 0.812. The molecule has 1 aromatic rings. The summed E-state index contributed by atoms with van der Waals surface area (Å²) in [5.74, 6) is 1.19. The van der Waals surface area contributed by atoms with E-state index in [0.717, 1.165) is 28.6 Å². The molecule has 0 unspecified atom stereocenters. The molecule has 0 radical (unpaired) electrons. The summed E-state index contributed by atoms with van der Waals surface area (Å²) in [5.41, 5.74) is 1.14. The van der Waals surface area contributed by atoms with Crippen LogP contribution in [0.2, 0.25) is 0 Å². The Balaban J connectivity index is 2.78. The molecule has 12 heavy (non-hydrogen) atoms. The highest BCUT2D eigenvalue weighted by molar-refractivity contribution is 9.10. The molecular weight excluding hydrogens is 236 g/mol. The lowest BCUT2D eigenvalue weighted by molar-refractivity contribution is 0.471. The largest absolute Gasteiger partial charge is 0.507 e. The first-order chi connectivity index (χ1) is 5.75. The van der Waals surface area contributed by atoms with Crippen LogP contribution in [0.4, 0.5) is 0 Å². The lowest BCUT2D eigenvalue weighted by Gasteiger charge is -2.04. The highest BCUT2D eigenvalue weighted by Crippen LogP contribution is 2.27. The fourth-order valence-corrected chi connectivity index (χ4v) is 1.65. The van der Waals surface area contributed by atoms with Gasteiger partial charge in [-0.25, -0.2) is 0 Å². The molecule has 0 atom stereocenters. The van der Waals surface area contributed by atoms with Gasteiger partial charge >= 0.3 is 0 Å². The molecule has 0 aromatic heterocycles. The van der Waals surface area contributed by atoms with Crippen LogP contribution in [0.3, 0.4) is 0 Å². The maximum absolute atomic E-state index is 9.33. The molecule has 1 aromatic carbocycles. The molecule has 0 fully saturated rings. The van der Waals surface area contributed by atoms with Crippen LogP contribution in [0.25, 0.3) is 0 Å². The Morgan fingerprint density at radius 3 is 2.83 bits per heavy atom. The number of phenols is 1. The molecule has 0 saturated heterocycles. The molecule has 66 valence electrons. The van der Waals surface area contributed by atoms with Crippen LogP contribution in [0.15, 0.2) is 22.7 Å². The van der Waals surface area contributed by atoms with E-state index in [1.807, 2.05) is 12.1 Å². The summed E-state index contributed by atoms with van der Waals surface area (Å²) in [7, 11) is 0. The van der Waals surface area contributed by atoms with Crippen LogP contribution in [-0.2, 0) is 6.42 Å². The average molecular weight is 247 g/mol. The molecule has 0 bridgehead atoms. The Hall–Kier alpha value is -0.150. The molecule has 0 heterocycles. The Morgan fingerprint density at radius 2 is 2.17 bits per heavy atom. The second kappa shape index (κ2) is 4.77. The van der Waals surface area contributed by atoms with Gasteiger partial charge in [0.25, 0.3) is 0 Å². The van der Waals surface area contributed by atoms with Gasteiger partial charge in [0.15, 0.2) is 0 Å². The topological polar surface area (TPSA) is 20.2 Å². The van der Waals surface area contributed by atoms with Gasteiger partial charge in [0.05, 0.1) is 4.47 Å². The Bertz CT molecular complexity index is 263. The molecule has 3 heteroatoms. The van der Waals surface area contributed by atoms with Gasteiger partial charge in [0.1, 0.15) is 5.75 Å². The maximum atomic E-state index is 9.33. The number of thiol groups is 1. The molecular formula is C9H11BrOS. The van der Waals surface area contributed by atoms with Crippen molar-refractivity contribution in [3.63, 3.8) is 0 Å². The molecule has 0 spiro atoms. The number of hydrogen-bond acceptors (Lipinski definition) is 2. The van der Waals surface area contributed by atoms with Gasteiger partial charge in [-0.05, 0) is 46.2 Å². The summed E-state index contributed by atoms with van der Waals surface area (Å²) in [6.07, 6.45) is 1.99. The van der Waals surface area contributed by atoms with E-state index in [1.54, 1.807) is 6.07 Å². The van der Waals surface area contributed by atoms with Crippen molar-refractivity contribution in [1.29, 1.82) is 0 Å². The van der Waals surface area contributed by atoms with Gasteiger partial charge in [0, 0.05) is 0 Å². The molecule has 1 rings (SSSR count). The first-order valence-corrected chi connectivity index (χ1v) is 5.25. The summed E-state index contributed by atoms with van der Waals surface area (Å²) in [5, 5.41) is 9.33. The third kappa shape index (κ3) is 2.42. The minimum atomic E-state index is 0.312. The summed E-state index contributed by atoms with van der Waals surface area (Å²) in [4.78, 5) is 0. The third-order valence-corrected chi connectivity index (χ3v) is 2.89. The highest BCUT2D eigenvalue weighted by atomic mass is 79.9. The van der Waals surface area contributed by atoms with Crippen molar-refractivity contribution in [2.24, 2.45) is 0 Å². The van der Waals surface area contributed by atoms with E-state index in [2.05, 4.69) is 28.6 Å². The van der Waals surface area contributed by atoms with Crippen molar-refractivity contribution in [2.75, 3.05) is 5.75 Å². The minimum Gasteiger partial charge on any atom is -0.507 e. The van der Waals surface area contributed by atoms with E-state index in [4.69, 9.17) is 0 Å². The molecule has 0 aliphatic heterocycles. The summed E-state index contributed by atoms with van der Waals surface area (Å²) >= 11 is 7.47. The number of phenolic OH excluding ortho intramolecular Hbond substituents is 1. The number of hydrogen-bond donors (Lipinski definition) is 2. The van der Waals surface area contributed by atoms with Crippen molar-refractivity contribution in [3.05, 3.63) is 28.2 Å². The molecule has 0 aliphatic carbocycles. The number of halogens is 1. The smallest absolute Gasteiger partial charge is 0.130 e. The molecule has 0 aliphatic rings. The SMILES string of the molecule is Oc1cccc(CCCS)c1Br. The van der Waals surface area contributed by atoms with Gasteiger partial charge in [-0.2, -0.15) is 12.6 Å². The standard InChI is InChI=1S/C9H11BrOS/c10-9-7(4-2-6-12)3-1-5-8(9)11/h1,3,5,11-12H,2,4,6H2. The molecule has 1 N–H and O–H groups in total. The second-order valence-electron chi connectivity index (χ2n) is 2.58. The lowest BCUT2D eigenvalue weighted by atomic mass is 10.1. The van der Waals surface area contributed by atoms with Crippen LogP contribution in [-0.4, -0.2) is 10.9 Å². The normalized spacial score (nSPS) is 10.2. The van der Waals surface area contributed by atoms with E-state index in [1.165, 1.54) is 0 Å². The van der Waals surface area contributed by atoms with Crippen molar-refractivity contribution in [3.8, 4) is 5.75 Å². The number of aromatic hydroxyl groups is 1. The van der Waals surface area contributed by atoms with Gasteiger partial charge in [-0.15, -0.1) is 0 Å². The number of aryl methyl sites for hydroxylation is 1. The zero-order valence-corrected chi connectivity index (χ0v) is 9.11. The van der Waals surface area contributed by atoms with E-state index < -0.39 is 0 Å². The first-order valence-electron chi connectivity index (χ1n) is 3.83. The van der Waals surface area contributed by atoms with Crippen molar-refractivity contribution >= 4 is 28.6 Å². The predicted molar refractivity (Wildman–Crippen MR) is 58.0 cm³/mol. The Labute approximate surface area is 86.3 Å². The predicted octanol–water partition coefficient (Wildman–Crippen LogP) is 3.02. The van der Waals surface area contributed by atoms with Gasteiger partial charge in [0.2, 0.25) is 0 Å². The summed E-state index contributed by atoms with van der Waals surface area (Å²) in [6, 6.07) is 5.54. The number of benzene rings is 1. The number of rotatable bonds is 3. The summed E-state index contributed by atoms with van der Waals surface area (Å²) in [6.45, 7) is 0. The highest BCUT2D eigenvalue weighted by Gasteiger charge is 2.02. The maximum Gasteiger partial charge on any atom is 0.130 e. The zero-order chi connectivity index (χ0) is 8.97.